The summed E-state index contributed by atoms with van der Waals surface area (Å²) in [6.07, 6.45) is 4.87. The average molecular weight is 441 g/mol. The van der Waals surface area contributed by atoms with Gasteiger partial charge in [0.25, 0.3) is 11.8 Å². The molecular weight excluding hydrogens is 412 g/mol. The molecule has 0 saturated carbocycles. The molecule has 10 nitrogen and oxygen atoms in total. The Morgan fingerprint density at radius 1 is 1.00 bits per heavy atom. The minimum atomic E-state index is -0.898. The monoisotopic (exact) mass is 440 g/mol. The molecule has 4 rings (SSSR count). The van der Waals surface area contributed by atoms with E-state index < -0.39 is 18.0 Å². The molecule has 0 spiro atoms. The van der Waals surface area contributed by atoms with Crippen LogP contribution >= 0.6 is 0 Å². The summed E-state index contributed by atoms with van der Waals surface area (Å²) in [5.74, 6) is -1.13. The highest BCUT2D eigenvalue weighted by atomic mass is 16.2. The van der Waals surface area contributed by atoms with Crippen molar-refractivity contribution in [2.75, 3.05) is 26.2 Å². The van der Waals surface area contributed by atoms with Crippen LogP contribution in [0.5, 0.6) is 0 Å². The maximum Gasteiger partial charge on any atom is 0.271 e. The molecule has 2 aromatic heterocycles. The van der Waals surface area contributed by atoms with Gasteiger partial charge in [-0.25, -0.2) is 0 Å². The lowest BCUT2D eigenvalue weighted by Gasteiger charge is -2.41. The van der Waals surface area contributed by atoms with Crippen molar-refractivity contribution in [3.05, 3.63) is 48.0 Å². The number of piperazine rings is 1. The Bertz CT molecular complexity index is 1040. The van der Waals surface area contributed by atoms with Crippen LogP contribution in [0.1, 0.15) is 33.8 Å². The number of nitrogens with zero attached hydrogens (tertiary/aromatic N) is 4. The quantitative estimate of drug-likeness (QED) is 0.682. The number of carbonyl (C=O) groups is 4. The first kappa shape index (κ1) is 21.7. The molecule has 2 atom stereocenters. The van der Waals surface area contributed by atoms with Crippen LogP contribution < -0.4 is 10.6 Å². The maximum atomic E-state index is 13.3. The number of rotatable bonds is 4. The maximum absolute atomic E-state index is 13.3. The summed E-state index contributed by atoms with van der Waals surface area (Å²) >= 11 is 0. The number of aryl methyl sites for hydroxylation is 2. The van der Waals surface area contributed by atoms with E-state index >= 15 is 0 Å². The SMILES string of the molecule is Cn1cccc1C(=O)N1CCN(C(=O)c2cccn2C)C(C(=O)NC2CCCNC2=O)C1. The van der Waals surface area contributed by atoms with E-state index in [9.17, 15) is 19.2 Å². The number of piperidine rings is 1. The molecule has 0 bridgehead atoms. The Labute approximate surface area is 186 Å². The van der Waals surface area contributed by atoms with Gasteiger partial charge < -0.3 is 29.6 Å². The highest BCUT2D eigenvalue weighted by molar-refractivity contribution is 5.99. The lowest BCUT2D eigenvalue weighted by molar-refractivity contribution is -0.133. The van der Waals surface area contributed by atoms with Crippen molar-refractivity contribution in [3.63, 3.8) is 0 Å². The van der Waals surface area contributed by atoms with E-state index in [0.717, 1.165) is 6.42 Å². The van der Waals surface area contributed by atoms with Crippen molar-refractivity contribution in [2.24, 2.45) is 14.1 Å². The first-order valence-electron chi connectivity index (χ1n) is 10.8. The van der Waals surface area contributed by atoms with Gasteiger partial charge in [0.1, 0.15) is 23.5 Å². The molecule has 2 aliphatic heterocycles. The summed E-state index contributed by atoms with van der Waals surface area (Å²) in [5.41, 5.74) is 0.971. The molecule has 2 fully saturated rings. The Morgan fingerprint density at radius 3 is 2.25 bits per heavy atom. The van der Waals surface area contributed by atoms with Crippen molar-refractivity contribution in [2.45, 2.75) is 24.9 Å². The molecule has 2 aromatic rings. The second-order valence-electron chi connectivity index (χ2n) is 8.27. The predicted molar refractivity (Wildman–Crippen MR) is 116 cm³/mol. The van der Waals surface area contributed by atoms with E-state index in [1.165, 1.54) is 4.90 Å². The summed E-state index contributed by atoms with van der Waals surface area (Å²) in [7, 11) is 3.55. The fraction of sp³-hybridized carbons (Fsp3) is 0.455. The standard InChI is InChI=1S/C22H28N6O4/c1-25-10-4-7-16(25)21(31)27-12-13-28(22(32)17-8-5-11-26(17)2)18(14-27)20(30)24-15-6-3-9-23-19(15)29/h4-5,7-8,10-11,15,18H,3,6,9,12-14H2,1-2H3,(H,23,29)(H,24,30). The van der Waals surface area contributed by atoms with Crippen molar-refractivity contribution in [3.8, 4) is 0 Å². The Kier molecular flexibility index (Phi) is 6.02. The average Bonchev–Trinajstić information content (AvgIpc) is 3.41. The van der Waals surface area contributed by atoms with Crippen LogP contribution in [-0.2, 0) is 23.7 Å². The van der Waals surface area contributed by atoms with E-state index in [1.54, 1.807) is 64.8 Å². The third-order valence-corrected chi connectivity index (χ3v) is 6.16. The number of carbonyl (C=O) groups excluding carboxylic acids is 4. The van der Waals surface area contributed by atoms with Crippen LogP contribution in [0, 0.1) is 0 Å². The lowest BCUT2D eigenvalue weighted by atomic mass is 10.0. The number of hydrogen-bond acceptors (Lipinski definition) is 4. The van der Waals surface area contributed by atoms with Gasteiger partial charge in [0.2, 0.25) is 11.8 Å². The highest BCUT2D eigenvalue weighted by Gasteiger charge is 2.39. The van der Waals surface area contributed by atoms with Gasteiger partial charge in [0.05, 0.1) is 6.54 Å². The molecule has 2 N–H and O–H groups in total. The largest absolute Gasteiger partial charge is 0.354 e. The van der Waals surface area contributed by atoms with E-state index in [2.05, 4.69) is 10.6 Å². The number of amides is 4. The fourth-order valence-corrected chi connectivity index (χ4v) is 4.29. The smallest absolute Gasteiger partial charge is 0.271 e. The first-order chi connectivity index (χ1) is 15.4. The van der Waals surface area contributed by atoms with Crippen molar-refractivity contribution in [1.82, 2.24) is 29.6 Å². The Morgan fingerprint density at radius 2 is 1.66 bits per heavy atom. The van der Waals surface area contributed by atoms with E-state index in [-0.39, 0.29) is 30.8 Å². The number of nitrogens with one attached hydrogen (secondary N) is 2. The van der Waals surface area contributed by atoms with Crippen molar-refractivity contribution < 1.29 is 19.2 Å². The van der Waals surface area contributed by atoms with Crippen molar-refractivity contribution in [1.29, 1.82) is 0 Å². The van der Waals surface area contributed by atoms with Crippen molar-refractivity contribution >= 4 is 23.6 Å². The molecule has 2 saturated heterocycles. The van der Waals surface area contributed by atoms with Crippen LogP contribution in [0.25, 0.3) is 0 Å². The molecule has 32 heavy (non-hydrogen) atoms. The summed E-state index contributed by atoms with van der Waals surface area (Å²) in [6.45, 7) is 1.18. The van der Waals surface area contributed by atoms with Crippen LogP contribution in [0.3, 0.4) is 0 Å². The molecule has 4 amide bonds. The van der Waals surface area contributed by atoms with Gasteiger partial charge >= 0.3 is 0 Å². The first-order valence-corrected chi connectivity index (χ1v) is 10.8. The fourth-order valence-electron chi connectivity index (χ4n) is 4.29. The molecule has 10 heteroatoms. The Hall–Kier alpha value is -3.56. The molecule has 2 unspecified atom stereocenters. The second-order valence-corrected chi connectivity index (χ2v) is 8.27. The van der Waals surface area contributed by atoms with E-state index in [4.69, 9.17) is 0 Å². The minimum absolute atomic E-state index is 0.0559. The molecule has 0 aliphatic carbocycles. The summed E-state index contributed by atoms with van der Waals surface area (Å²) in [5, 5.41) is 5.55. The third kappa shape index (κ3) is 4.12. The van der Waals surface area contributed by atoms with E-state index in [1.807, 2.05) is 0 Å². The van der Waals surface area contributed by atoms with Crippen LogP contribution in [0.4, 0.5) is 0 Å². The third-order valence-electron chi connectivity index (χ3n) is 6.16. The zero-order valence-corrected chi connectivity index (χ0v) is 18.3. The van der Waals surface area contributed by atoms with Gasteiger partial charge in [-0.15, -0.1) is 0 Å². The number of aromatic nitrogens is 2. The molecule has 0 radical (unpaired) electrons. The summed E-state index contributed by atoms with van der Waals surface area (Å²) in [4.78, 5) is 54.8. The predicted octanol–water partition coefficient (Wildman–Crippen LogP) is -0.275. The van der Waals surface area contributed by atoms with Crippen LogP contribution in [-0.4, -0.2) is 80.8 Å². The summed E-state index contributed by atoms with van der Waals surface area (Å²) in [6, 6.07) is 5.45. The molecule has 170 valence electrons. The number of hydrogen-bond donors (Lipinski definition) is 2. The van der Waals surface area contributed by atoms with Gasteiger partial charge in [-0.1, -0.05) is 0 Å². The molecule has 2 aliphatic rings. The normalized spacial score (nSPS) is 21.2. The lowest BCUT2D eigenvalue weighted by Crippen LogP contribution is -2.63. The Balaban J connectivity index is 1.57. The highest BCUT2D eigenvalue weighted by Crippen LogP contribution is 2.18. The summed E-state index contributed by atoms with van der Waals surface area (Å²) < 4.78 is 3.43. The van der Waals surface area contributed by atoms with Gasteiger partial charge in [0, 0.05) is 46.1 Å². The minimum Gasteiger partial charge on any atom is -0.354 e. The van der Waals surface area contributed by atoms with Gasteiger partial charge in [-0.05, 0) is 37.1 Å². The molecule has 0 aromatic carbocycles. The molecule has 4 heterocycles. The van der Waals surface area contributed by atoms with Gasteiger partial charge in [0.15, 0.2) is 0 Å². The molecular formula is C22H28N6O4. The topological polar surface area (TPSA) is 109 Å². The van der Waals surface area contributed by atoms with Crippen LogP contribution in [0.15, 0.2) is 36.7 Å². The zero-order chi connectivity index (χ0) is 22.8. The van der Waals surface area contributed by atoms with Gasteiger partial charge in [-0.2, -0.15) is 0 Å². The van der Waals surface area contributed by atoms with Crippen LogP contribution in [0.2, 0.25) is 0 Å². The zero-order valence-electron chi connectivity index (χ0n) is 18.3. The van der Waals surface area contributed by atoms with E-state index in [0.29, 0.717) is 30.9 Å². The second kappa shape index (κ2) is 8.89. The van der Waals surface area contributed by atoms with Gasteiger partial charge in [-0.3, -0.25) is 19.2 Å².